The van der Waals surface area contributed by atoms with E-state index < -0.39 is 0 Å². The van der Waals surface area contributed by atoms with Gasteiger partial charge in [0.25, 0.3) is 0 Å². The van der Waals surface area contributed by atoms with Crippen LogP contribution in [0.3, 0.4) is 0 Å². The van der Waals surface area contributed by atoms with E-state index in [1.54, 1.807) is 17.6 Å². The van der Waals surface area contributed by atoms with Crippen LogP contribution in [0.4, 0.5) is 0 Å². The highest BCUT2D eigenvalue weighted by atomic mass is 32.1. The third-order valence-electron chi connectivity index (χ3n) is 2.56. The minimum atomic E-state index is 0.382. The summed E-state index contributed by atoms with van der Waals surface area (Å²) >= 11 is 1.70. The molecular formula is C12H16N2OS. The molecule has 2 aromatic heterocycles. The molecule has 0 aromatic carbocycles. The molecule has 86 valence electrons. The molecule has 0 bridgehead atoms. The first-order chi connectivity index (χ1) is 7.78. The Bertz CT molecular complexity index is 422. The zero-order valence-corrected chi connectivity index (χ0v) is 10.4. The maximum Gasteiger partial charge on any atom is 0.105 e. The van der Waals surface area contributed by atoms with Gasteiger partial charge >= 0.3 is 0 Å². The highest BCUT2D eigenvalue weighted by Gasteiger charge is 2.11. The molecule has 0 spiro atoms. The van der Waals surface area contributed by atoms with Crippen molar-refractivity contribution in [1.29, 1.82) is 0 Å². The van der Waals surface area contributed by atoms with Gasteiger partial charge in [-0.25, -0.2) is 4.98 Å². The van der Waals surface area contributed by atoms with E-state index in [0.29, 0.717) is 6.04 Å². The molecule has 2 rings (SSSR count). The minimum Gasteiger partial charge on any atom is -0.469 e. The van der Waals surface area contributed by atoms with Crippen molar-refractivity contribution in [1.82, 2.24) is 10.3 Å². The molecule has 2 heterocycles. The van der Waals surface area contributed by atoms with Gasteiger partial charge in [0.05, 0.1) is 17.0 Å². The van der Waals surface area contributed by atoms with Crippen molar-refractivity contribution in [3.63, 3.8) is 0 Å². The number of hydrogen-bond acceptors (Lipinski definition) is 4. The zero-order valence-electron chi connectivity index (χ0n) is 9.56. The molecule has 0 radical (unpaired) electrons. The van der Waals surface area contributed by atoms with Crippen molar-refractivity contribution in [2.45, 2.75) is 25.8 Å². The summed E-state index contributed by atoms with van der Waals surface area (Å²) in [6.45, 7) is 2.04. The van der Waals surface area contributed by atoms with Gasteiger partial charge in [-0.15, -0.1) is 11.3 Å². The van der Waals surface area contributed by atoms with Crippen molar-refractivity contribution in [3.8, 4) is 0 Å². The van der Waals surface area contributed by atoms with E-state index in [-0.39, 0.29) is 0 Å². The van der Waals surface area contributed by atoms with Crippen molar-refractivity contribution in [3.05, 3.63) is 40.2 Å². The van der Waals surface area contributed by atoms with Crippen LogP contribution in [0.25, 0.3) is 0 Å². The third-order valence-corrected chi connectivity index (χ3v) is 3.38. The summed E-state index contributed by atoms with van der Waals surface area (Å²) in [7, 11) is 1.98. The van der Waals surface area contributed by atoms with Crippen LogP contribution in [0.15, 0.2) is 28.2 Å². The molecule has 1 unspecified atom stereocenters. The van der Waals surface area contributed by atoms with Crippen LogP contribution >= 0.6 is 11.3 Å². The lowest BCUT2D eigenvalue weighted by molar-refractivity contribution is 0.455. The summed E-state index contributed by atoms with van der Waals surface area (Å²) in [6, 6.07) is 4.32. The average Bonchev–Trinajstić information content (AvgIpc) is 2.89. The molecule has 0 fully saturated rings. The molecule has 3 nitrogen and oxygen atoms in total. The number of hydrogen-bond donors (Lipinski definition) is 1. The first-order valence-electron chi connectivity index (χ1n) is 5.38. The number of rotatable bonds is 5. The van der Waals surface area contributed by atoms with Gasteiger partial charge in [0, 0.05) is 24.3 Å². The SMILES string of the molecule is CNC(Cc1csc(C)n1)Cc1ccco1. The van der Waals surface area contributed by atoms with Crippen molar-refractivity contribution in [2.24, 2.45) is 0 Å². The van der Waals surface area contributed by atoms with Crippen molar-refractivity contribution < 1.29 is 4.42 Å². The van der Waals surface area contributed by atoms with Gasteiger partial charge in [-0.05, 0) is 26.1 Å². The minimum absolute atomic E-state index is 0.382. The largest absolute Gasteiger partial charge is 0.469 e. The molecule has 16 heavy (non-hydrogen) atoms. The van der Waals surface area contributed by atoms with Gasteiger partial charge in [-0.3, -0.25) is 0 Å². The number of aryl methyl sites for hydroxylation is 1. The number of nitrogens with one attached hydrogen (secondary N) is 1. The first kappa shape index (κ1) is 11.4. The normalized spacial score (nSPS) is 12.9. The van der Waals surface area contributed by atoms with E-state index in [9.17, 15) is 0 Å². The predicted molar refractivity (Wildman–Crippen MR) is 65.8 cm³/mol. The Balaban J connectivity index is 1.95. The Kier molecular flexibility index (Phi) is 3.74. The smallest absolute Gasteiger partial charge is 0.105 e. The summed E-state index contributed by atoms with van der Waals surface area (Å²) in [5.41, 5.74) is 1.16. The second-order valence-electron chi connectivity index (χ2n) is 3.83. The Morgan fingerprint density at radius 2 is 2.38 bits per heavy atom. The fourth-order valence-electron chi connectivity index (χ4n) is 1.70. The number of thiazole rings is 1. The molecule has 0 aliphatic rings. The van der Waals surface area contributed by atoms with E-state index in [0.717, 1.165) is 29.3 Å². The Labute approximate surface area is 99.5 Å². The van der Waals surface area contributed by atoms with E-state index in [1.807, 2.05) is 26.1 Å². The molecule has 1 atom stereocenters. The summed E-state index contributed by atoms with van der Waals surface area (Å²) in [5.74, 6) is 1.02. The zero-order chi connectivity index (χ0) is 11.4. The number of likely N-dealkylation sites (N-methyl/N-ethyl adjacent to an activating group) is 1. The maximum absolute atomic E-state index is 5.35. The van der Waals surface area contributed by atoms with Crippen molar-refractivity contribution in [2.75, 3.05) is 7.05 Å². The van der Waals surface area contributed by atoms with Crippen LogP contribution in [0.1, 0.15) is 16.5 Å². The molecule has 2 aromatic rings. The van der Waals surface area contributed by atoms with E-state index >= 15 is 0 Å². The van der Waals surface area contributed by atoms with Crippen LogP contribution in [0, 0.1) is 6.92 Å². The monoisotopic (exact) mass is 236 g/mol. The quantitative estimate of drug-likeness (QED) is 0.866. The third kappa shape index (κ3) is 2.93. The molecule has 0 saturated heterocycles. The fourth-order valence-corrected chi connectivity index (χ4v) is 2.33. The van der Waals surface area contributed by atoms with Crippen LogP contribution in [0.2, 0.25) is 0 Å². The Hall–Kier alpha value is -1.13. The lowest BCUT2D eigenvalue weighted by atomic mass is 10.1. The van der Waals surface area contributed by atoms with Crippen LogP contribution in [0.5, 0.6) is 0 Å². The second-order valence-corrected chi connectivity index (χ2v) is 4.89. The molecule has 0 saturated carbocycles. The number of furan rings is 1. The van der Waals surface area contributed by atoms with E-state index in [1.165, 1.54) is 0 Å². The van der Waals surface area contributed by atoms with Gasteiger partial charge in [-0.2, -0.15) is 0 Å². The van der Waals surface area contributed by atoms with Crippen LogP contribution < -0.4 is 5.32 Å². The highest BCUT2D eigenvalue weighted by Crippen LogP contribution is 2.12. The summed E-state index contributed by atoms with van der Waals surface area (Å²) < 4.78 is 5.35. The maximum atomic E-state index is 5.35. The Morgan fingerprint density at radius 1 is 1.50 bits per heavy atom. The average molecular weight is 236 g/mol. The van der Waals surface area contributed by atoms with Gasteiger partial charge in [0.2, 0.25) is 0 Å². The molecule has 1 N–H and O–H groups in total. The highest BCUT2D eigenvalue weighted by molar-refractivity contribution is 7.09. The molecule has 0 aliphatic carbocycles. The van der Waals surface area contributed by atoms with Crippen LogP contribution in [-0.4, -0.2) is 18.1 Å². The van der Waals surface area contributed by atoms with E-state index in [2.05, 4.69) is 15.7 Å². The van der Waals surface area contributed by atoms with Gasteiger partial charge < -0.3 is 9.73 Å². The summed E-state index contributed by atoms with van der Waals surface area (Å²) in [4.78, 5) is 4.48. The van der Waals surface area contributed by atoms with Gasteiger partial charge in [0.1, 0.15) is 5.76 Å². The summed E-state index contributed by atoms with van der Waals surface area (Å²) in [5, 5.41) is 6.56. The predicted octanol–water partition coefficient (Wildman–Crippen LogP) is 2.42. The van der Waals surface area contributed by atoms with Crippen molar-refractivity contribution >= 4 is 11.3 Å². The first-order valence-corrected chi connectivity index (χ1v) is 6.26. The standard InChI is InChI=1S/C12H16N2OS/c1-9-14-11(8-16-9)6-10(13-2)7-12-4-3-5-15-12/h3-5,8,10,13H,6-7H2,1-2H3. The van der Waals surface area contributed by atoms with Gasteiger partial charge in [0.15, 0.2) is 0 Å². The molecule has 0 aliphatic heterocycles. The van der Waals surface area contributed by atoms with Gasteiger partial charge in [-0.1, -0.05) is 0 Å². The Morgan fingerprint density at radius 3 is 2.94 bits per heavy atom. The topological polar surface area (TPSA) is 38.1 Å². The van der Waals surface area contributed by atoms with E-state index in [4.69, 9.17) is 4.42 Å². The summed E-state index contributed by atoms with van der Waals surface area (Å²) in [6.07, 6.45) is 3.57. The lowest BCUT2D eigenvalue weighted by Crippen LogP contribution is -2.29. The molecular weight excluding hydrogens is 220 g/mol. The lowest BCUT2D eigenvalue weighted by Gasteiger charge is -2.13. The molecule has 0 amide bonds. The number of nitrogens with zero attached hydrogens (tertiary/aromatic N) is 1. The number of aromatic nitrogens is 1. The second kappa shape index (κ2) is 5.27. The van der Waals surface area contributed by atoms with Crippen LogP contribution in [-0.2, 0) is 12.8 Å². The molecule has 4 heteroatoms. The fraction of sp³-hybridized carbons (Fsp3) is 0.417.